The van der Waals surface area contributed by atoms with Gasteiger partial charge in [0.1, 0.15) is 0 Å². The van der Waals surface area contributed by atoms with E-state index < -0.39 is 0 Å². The second-order valence-electron chi connectivity index (χ2n) is 3.92. The zero-order chi connectivity index (χ0) is 10.1. The van der Waals surface area contributed by atoms with E-state index in [1.165, 1.54) is 22.3 Å². The molecule has 1 aliphatic rings. The summed E-state index contributed by atoms with van der Waals surface area (Å²) in [6.07, 6.45) is 1.50. The smallest absolute Gasteiger partial charge is 0.224 e. The zero-order valence-corrected chi connectivity index (χ0v) is 8.68. The highest BCUT2D eigenvalue weighted by atomic mass is 16.1. The Bertz CT molecular complexity index is 382. The summed E-state index contributed by atoms with van der Waals surface area (Å²) >= 11 is 0. The van der Waals surface area contributed by atoms with Crippen LogP contribution in [-0.2, 0) is 17.6 Å². The predicted octanol–water partition coefficient (Wildman–Crippen LogP) is 1.52. The fraction of sp³-hybridized carbons (Fsp3) is 0.417. The molecule has 1 N–H and O–H groups in total. The van der Waals surface area contributed by atoms with Crippen molar-refractivity contribution in [3.8, 4) is 0 Å². The highest BCUT2D eigenvalue weighted by molar-refractivity contribution is 5.80. The van der Waals surface area contributed by atoms with E-state index >= 15 is 0 Å². The molecule has 0 bridgehead atoms. The maximum Gasteiger partial charge on any atom is 0.224 e. The normalized spacial score (nSPS) is 15.7. The first-order valence-electron chi connectivity index (χ1n) is 5.03. The Morgan fingerprint density at radius 1 is 1.29 bits per heavy atom. The largest absolute Gasteiger partial charge is 0.355 e. The molecule has 0 fully saturated rings. The summed E-state index contributed by atoms with van der Waals surface area (Å²) in [6, 6.07) is 4.29. The van der Waals surface area contributed by atoms with Gasteiger partial charge in [-0.25, -0.2) is 0 Å². The van der Waals surface area contributed by atoms with Crippen LogP contribution in [0.5, 0.6) is 0 Å². The van der Waals surface area contributed by atoms with Gasteiger partial charge in [0.2, 0.25) is 5.91 Å². The summed E-state index contributed by atoms with van der Waals surface area (Å²) in [5.74, 6) is 0.150. The van der Waals surface area contributed by atoms with Gasteiger partial charge in [-0.1, -0.05) is 12.1 Å². The number of carbonyl (C=O) groups excluding carboxylic acids is 1. The maximum atomic E-state index is 11.4. The maximum absolute atomic E-state index is 11.4. The van der Waals surface area contributed by atoms with Crippen LogP contribution < -0.4 is 5.32 Å². The minimum atomic E-state index is 0.150. The Hall–Kier alpha value is -1.31. The number of fused-ring (bicyclic) bond motifs is 1. The summed E-state index contributed by atoms with van der Waals surface area (Å²) < 4.78 is 0. The molecule has 1 aromatic rings. The quantitative estimate of drug-likeness (QED) is 0.658. The lowest BCUT2D eigenvalue weighted by molar-refractivity contribution is -0.120. The van der Waals surface area contributed by atoms with Crippen LogP contribution in [0.4, 0.5) is 0 Å². The van der Waals surface area contributed by atoms with E-state index in [4.69, 9.17) is 0 Å². The van der Waals surface area contributed by atoms with Crippen LogP contribution in [0.2, 0.25) is 0 Å². The number of rotatable bonds is 0. The van der Waals surface area contributed by atoms with Gasteiger partial charge in [0.05, 0.1) is 6.42 Å². The van der Waals surface area contributed by atoms with E-state index in [9.17, 15) is 4.79 Å². The molecule has 74 valence electrons. The fourth-order valence-electron chi connectivity index (χ4n) is 1.97. The van der Waals surface area contributed by atoms with Gasteiger partial charge in [-0.15, -0.1) is 0 Å². The summed E-state index contributed by atoms with van der Waals surface area (Å²) in [6.45, 7) is 4.97. The molecule has 0 atom stereocenters. The molecule has 0 aliphatic carbocycles. The van der Waals surface area contributed by atoms with Crippen LogP contribution in [0, 0.1) is 13.8 Å². The number of hydrogen-bond donors (Lipinski definition) is 1. The monoisotopic (exact) mass is 189 g/mol. The lowest BCUT2D eigenvalue weighted by atomic mass is 9.94. The van der Waals surface area contributed by atoms with Gasteiger partial charge in [-0.05, 0) is 42.5 Å². The van der Waals surface area contributed by atoms with Crippen LogP contribution in [0.15, 0.2) is 12.1 Å². The first-order valence-corrected chi connectivity index (χ1v) is 5.03. The molecule has 2 heteroatoms. The molecule has 2 rings (SSSR count). The first-order chi connectivity index (χ1) is 6.68. The van der Waals surface area contributed by atoms with Crippen molar-refractivity contribution in [2.45, 2.75) is 26.7 Å². The SMILES string of the molecule is Cc1ccc2c(c1C)CC(=O)NCC2. The van der Waals surface area contributed by atoms with E-state index in [2.05, 4.69) is 31.3 Å². The van der Waals surface area contributed by atoms with Crippen LogP contribution in [0.25, 0.3) is 0 Å². The van der Waals surface area contributed by atoms with Crippen molar-refractivity contribution in [1.82, 2.24) is 5.32 Å². The Labute approximate surface area is 84.3 Å². The average Bonchev–Trinajstić information content (AvgIpc) is 2.34. The number of nitrogens with one attached hydrogen (secondary N) is 1. The second-order valence-corrected chi connectivity index (χ2v) is 3.92. The lowest BCUT2D eigenvalue weighted by Gasteiger charge is -2.10. The number of carbonyl (C=O) groups is 1. The van der Waals surface area contributed by atoms with Crippen molar-refractivity contribution in [3.63, 3.8) is 0 Å². The van der Waals surface area contributed by atoms with Crippen molar-refractivity contribution in [3.05, 3.63) is 34.4 Å². The van der Waals surface area contributed by atoms with Crippen LogP contribution >= 0.6 is 0 Å². The van der Waals surface area contributed by atoms with Gasteiger partial charge in [-0.2, -0.15) is 0 Å². The molecular formula is C12H15NO. The van der Waals surface area contributed by atoms with Crippen molar-refractivity contribution >= 4 is 5.91 Å². The zero-order valence-electron chi connectivity index (χ0n) is 8.68. The van der Waals surface area contributed by atoms with Crippen molar-refractivity contribution in [1.29, 1.82) is 0 Å². The molecule has 0 saturated carbocycles. The molecule has 0 aromatic heterocycles. The van der Waals surface area contributed by atoms with Gasteiger partial charge in [0, 0.05) is 6.54 Å². The first kappa shape index (κ1) is 9.25. The molecule has 1 amide bonds. The van der Waals surface area contributed by atoms with Gasteiger partial charge < -0.3 is 5.32 Å². The number of benzene rings is 1. The van der Waals surface area contributed by atoms with Crippen LogP contribution in [0.3, 0.4) is 0 Å². The lowest BCUT2D eigenvalue weighted by Crippen LogP contribution is -2.24. The molecule has 0 saturated heterocycles. The van der Waals surface area contributed by atoms with Gasteiger partial charge >= 0.3 is 0 Å². The fourth-order valence-corrected chi connectivity index (χ4v) is 1.97. The molecule has 14 heavy (non-hydrogen) atoms. The van der Waals surface area contributed by atoms with Gasteiger partial charge in [0.25, 0.3) is 0 Å². The second kappa shape index (κ2) is 3.45. The third kappa shape index (κ3) is 1.52. The van der Waals surface area contributed by atoms with Gasteiger partial charge in [0.15, 0.2) is 0 Å². The Morgan fingerprint density at radius 2 is 2.07 bits per heavy atom. The molecule has 0 radical (unpaired) electrons. The van der Waals surface area contributed by atoms with Crippen LogP contribution in [-0.4, -0.2) is 12.5 Å². The van der Waals surface area contributed by atoms with Crippen molar-refractivity contribution in [2.24, 2.45) is 0 Å². The highest BCUT2D eigenvalue weighted by Crippen LogP contribution is 2.20. The summed E-state index contributed by atoms with van der Waals surface area (Å²) in [7, 11) is 0. The molecule has 0 spiro atoms. The summed E-state index contributed by atoms with van der Waals surface area (Å²) in [4.78, 5) is 11.4. The van der Waals surface area contributed by atoms with E-state index in [1.807, 2.05) is 0 Å². The topological polar surface area (TPSA) is 29.1 Å². The minimum absolute atomic E-state index is 0.150. The Balaban J connectivity index is 2.51. The Kier molecular flexibility index (Phi) is 2.28. The summed E-state index contributed by atoms with van der Waals surface area (Å²) in [5, 5.41) is 2.90. The minimum Gasteiger partial charge on any atom is -0.355 e. The van der Waals surface area contributed by atoms with Crippen LogP contribution in [0.1, 0.15) is 22.3 Å². The molecule has 1 aliphatic heterocycles. The molecule has 1 aromatic carbocycles. The summed E-state index contributed by atoms with van der Waals surface area (Å²) in [5.41, 5.74) is 5.12. The standard InChI is InChI=1S/C12H15NO/c1-8-3-4-10-5-6-13-12(14)7-11(10)9(8)2/h3-4H,5-7H2,1-2H3,(H,13,14). The molecule has 2 nitrogen and oxygen atoms in total. The highest BCUT2D eigenvalue weighted by Gasteiger charge is 2.15. The van der Waals surface area contributed by atoms with Crippen molar-refractivity contribution < 1.29 is 4.79 Å². The van der Waals surface area contributed by atoms with E-state index in [-0.39, 0.29) is 5.91 Å². The van der Waals surface area contributed by atoms with E-state index in [1.54, 1.807) is 0 Å². The molecular weight excluding hydrogens is 174 g/mol. The molecule has 0 unspecified atom stereocenters. The number of amides is 1. The predicted molar refractivity (Wildman–Crippen MR) is 56.3 cm³/mol. The van der Waals surface area contributed by atoms with E-state index in [0.717, 1.165) is 13.0 Å². The Morgan fingerprint density at radius 3 is 2.86 bits per heavy atom. The third-order valence-electron chi connectivity index (χ3n) is 3.02. The number of aryl methyl sites for hydroxylation is 1. The van der Waals surface area contributed by atoms with Crippen molar-refractivity contribution in [2.75, 3.05) is 6.54 Å². The number of hydrogen-bond acceptors (Lipinski definition) is 1. The third-order valence-corrected chi connectivity index (χ3v) is 3.02. The average molecular weight is 189 g/mol. The van der Waals surface area contributed by atoms with E-state index in [0.29, 0.717) is 6.42 Å². The molecule has 1 heterocycles. The van der Waals surface area contributed by atoms with Gasteiger partial charge in [-0.3, -0.25) is 4.79 Å².